The Morgan fingerprint density at radius 1 is 1.33 bits per heavy atom. The molecule has 7 nitrogen and oxygen atoms in total. The number of nitrogens with zero attached hydrogens (tertiary/aromatic N) is 4. The van der Waals surface area contributed by atoms with E-state index in [1.807, 2.05) is 25.1 Å². The van der Waals surface area contributed by atoms with E-state index in [4.69, 9.17) is 4.52 Å². The molecule has 0 amide bonds. The minimum atomic E-state index is -0.0980. The molecule has 0 radical (unpaired) electrons. The molecular weight excluding hydrogens is 306 g/mol. The van der Waals surface area contributed by atoms with E-state index in [-0.39, 0.29) is 11.6 Å². The fourth-order valence-electron chi connectivity index (χ4n) is 3.26. The predicted molar refractivity (Wildman–Crippen MR) is 88.4 cm³/mol. The Morgan fingerprint density at radius 3 is 3.04 bits per heavy atom. The van der Waals surface area contributed by atoms with E-state index in [0.29, 0.717) is 23.6 Å². The van der Waals surface area contributed by atoms with Gasteiger partial charge in [-0.3, -0.25) is 9.69 Å². The number of rotatable bonds is 4. The van der Waals surface area contributed by atoms with Crippen molar-refractivity contribution in [3.8, 4) is 0 Å². The average molecular weight is 325 g/mol. The van der Waals surface area contributed by atoms with E-state index >= 15 is 0 Å². The topological polar surface area (TPSA) is 87.9 Å². The first-order chi connectivity index (χ1) is 11.7. The van der Waals surface area contributed by atoms with E-state index < -0.39 is 0 Å². The molecule has 1 aromatic carbocycles. The van der Waals surface area contributed by atoms with Gasteiger partial charge in [0.2, 0.25) is 5.89 Å². The lowest BCUT2D eigenvalue weighted by Crippen LogP contribution is -2.26. The SMILES string of the molecule is CCc1nc([C@@H]2CCCN2Cc2nc3ccccc3c(=O)[nH]2)no1. The number of fused-ring (bicyclic) bond motifs is 1. The third-order valence-electron chi connectivity index (χ3n) is 4.46. The first kappa shape index (κ1) is 15.0. The summed E-state index contributed by atoms with van der Waals surface area (Å²) in [5, 5.41) is 4.72. The van der Waals surface area contributed by atoms with Gasteiger partial charge in [0.1, 0.15) is 5.82 Å². The molecule has 0 saturated carbocycles. The maximum Gasteiger partial charge on any atom is 0.258 e. The van der Waals surface area contributed by atoms with E-state index in [1.54, 1.807) is 6.07 Å². The molecule has 1 N–H and O–H groups in total. The van der Waals surface area contributed by atoms with Gasteiger partial charge < -0.3 is 9.51 Å². The standard InChI is InChI=1S/C17H19N5O2/c1-2-15-20-16(21-24-15)13-8-5-9-22(13)10-14-18-12-7-4-3-6-11(12)17(23)19-14/h3-4,6-7,13H,2,5,8-10H2,1H3,(H,18,19,23)/t13-/m0/s1. The van der Waals surface area contributed by atoms with Gasteiger partial charge in [0.15, 0.2) is 5.82 Å². The Balaban J connectivity index is 1.61. The molecule has 1 saturated heterocycles. The average Bonchev–Trinajstić information content (AvgIpc) is 3.23. The second kappa shape index (κ2) is 6.16. The maximum atomic E-state index is 12.2. The monoisotopic (exact) mass is 325 g/mol. The van der Waals surface area contributed by atoms with Crippen molar-refractivity contribution in [3.63, 3.8) is 0 Å². The van der Waals surface area contributed by atoms with Crippen molar-refractivity contribution in [2.45, 2.75) is 38.8 Å². The van der Waals surface area contributed by atoms with Crippen molar-refractivity contribution < 1.29 is 4.52 Å². The Hall–Kier alpha value is -2.54. The van der Waals surface area contributed by atoms with Gasteiger partial charge in [-0.25, -0.2) is 4.98 Å². The van der Waals surface area contributed by atoms with Crippen LogP contribution < -0.4 is 5.56 Å². The zero-order valence-corrected chi connectivity index (χ0v) is 13.5. The molecule has 0 aliphatic carbocycles. The summed E-state index contributed by atoms with van der Waals surface area (Å²) >= 11 is 0. The molecule has 124 valence electrons. The van der Waals surface area contributed by atoms with E-state index in [0.717, 1.165) is 37.1 Å². The summed E-state index contributed by atoms with van der Waals surface area (Å²) in [5.74, 6) is 2.06. The molecule has 2 aromatic heterocycles. The maximum absolute atomic E-state index is 12.2. The van der Waals surface area contributed by atoms with E-state index in [2.05, 4.69) is 25.0 Å². The summed E-state index contributed by atoms with van der Waals surface area (Å²) in [6.07, 6.45) is 2.79. The smallest absolute Gasteiger partial charge is 0.258 e. The second-order valence-corrected chi connectivity index (χ2v) is 6.06. The van der Waals surface area contributed by atoms with Crippen LogP contribution in [0.2, 0.25) is 0 Å². The van der Waals surface area contributed by atoms with Gasteiger partial charge >= 0.3 is 0 Å². The molecule has 1 fully saturated rings. The largest absolute Gasteiger partial charge is 0.339 e. The van der Waals surface area contributed by atoms with Crippen molar-refractivity contribution >= 4 is 10.9 Å². The number of benzene rings is 1. The first-order valence-electron chi connectivity index (χ1n) is 8.29. The highest BCUT2D eigenvalue weighted by Crippen LogP contribution is 2.31. The highest BCUT2D eigenvalue weighted by Gasteiger charge is 2.30. The Morgan fingerprint density at radius 2 is 2.21 bits per heavy atom. The summed E-state index contributed by atoms with van der Waals surface area (Å²) in [6.45, 7) is 3.49. The molecule has 1 aliphatic rings. The number of aromatic nitrogens is 4. The number of hydrogen-bond acceptors (Lipinski definition) is 6. The molecule has 7 heteroatoms. The second-order valence-electron chi connectivity index (χ2n) is 6.06. The van der Waals surface area contributed by atoms with Crippen LogP contribution in [-0.4, -0.2) is 31.6 Å². The molecule has 0 bridgehead atoms. The van der Waals surface area contributed by atoms with Crippen molar-refractivity contribution in [1.29, 1.82) is 0 Å². The van der Waals surface area contributed by atoms with Crippen LogP contribution in [0.5, 0.6) is 0 Å². The molecule has 3 heterocycles. The van der Waals surface area contributed by atoms with Crippen LogP contribution in [0.25, 0.3) is 10.9 Å². The summed E-state index contributed by atoms with van der Waals surface area (Å²) < 4.78 is 5.24. The molecular formula is C17H19N5O2. The molecule has 24 heavy (non-hydrogen) atoms. The summed E-state index contributed by atoms with van der Waals surface area (Å²) in [6, 6.07) is 7.50. The molecule has 4 rings (SSSR count). The zero-order chi connectivity index (χ0) is 16.5. The quantitative estimate of drug-likeness (QED) is 0.791. The minimum Gasteiger partial charge on any atom is -0.339 e. The first-order valence-corrected chi connectivity index (χ1v) is 8.29. The molecule has 3 aromatic rings. The Labute approximate surface area is 138 Å². The third kappa shape index (κ3) is 2.71. The number of para-hydroxylation sites is 1. The summed E-state index contributed by atoms with van der Waals surface area (Å²) in [5.41, 5.74) is 0.624. The molecule has 0 unspecified atom stereocenters. The van der Waals surface area contributed by atoms with Crippen LogP contribution in [0.4, 0.5) is 0 Å². The van der Waals surface area contributed by atoms with Crippen LogP contribution >= 0.6 is 0 Å². The Bertz CT molecular complexity index is 916. The van der Waals surface area contributed by atoms with Gasteiger partial charge in [0.05, 0.1) is 23.5 Å². The fourth-order valence-corrected chi connectivity index (χ4v) is 3.26. The summed E-state index contributed by atoms with van der Waals surface area (Å²) in [4.78, 5) is 26.4. The highest BCUT2D eigenvalue weighted by atomic mass is 16.5. The minimum absolute atomic E-state index is 0.0980. The van der Waals surface area contributed by atoms with E-state index in [1.165, 1.54) is 0 Å². The predicted octanol–water partition coefficient (Wildman–Crippen LogP) is 2.21. The number of aromatic amines is 1. The molecule has 0 spiro atoms. The van der Waals surface area contributed by atoms with Crippen molar-refractivity contribution in [2.24, 2.45) is 0 Å². The van der Waals surface area contributed by atoms with Gasteiger partial charge in [-0.1, -0.05) is 24.2 Å². The van der Waals surface area contributed by atoms with Crippen LogP contribution in [0, 0.1) is 0 Å². The summed E-state index contributed by atoms with van der Waals surface area (Å²) in [7, 11) is 0. The lowest BCUT2D eigenvalue weighted by Gasteiger charge is -2.21. The number of nitrogens with one attached hydrogen (secondary N) is 1. The Kier molecular flexibility index (Phi) is 3.86. The van der Waals surface area contributed by atoms with Crippen molar-refractivity contribution in [3.05, 3.63) is 52.2 Å². The van der Waals surface area contributed by atoms with Crippen LogP contribution in [0.3, 0.4) is 0 Å². The number of aryl methyl sites for hydroxylation is 1. The molecule has 1 aliphatic heterocycles. The normalized spacial score (nSPS) is 18.5. The van der Waals surface area contributed by atoms with Crippen molar-refractivity contribution in [1.82, 2.24) is 25.0 Å². The van der Waals surface area contributed by atoms with Crippen molar-refractivity contribution in [2.75, 3.05) is 6.54 Å². The van der Waals surface area contributed by atoms with Gasteiger partial charge in [0, 0.05) is 6.42 Å². The molecule has 1 atom stereocenters. The lowest BCUT2D eigenvalue weighted by atomic mass is 10.2. The number of H-pyrrole nitrogens is 1. The number of likely N-dealkylation sites (tertiary alicyclic amines) is 1. The van der Waals surface area contributed by atoms with Crippen LogP contribution in [0.15, 0.2) is 33.6 Å². The van der Waals surface area contributed by atoms with Gasteiger partial charge in [-0.05, 0) is 31.5 Å². The zero-order valence-electron chi connectivity index (χ0n) is 13.5. The number of hydrogen-bond donors (Lipinski definition) is 1. The van der Waals surface area contributed by atoms with Gasteiger partial charge in [-0.2, -0.15) is 4.98 Å². The van der Waals surface area contributed by atoms with Crippen LogP contribution in [-0.2, 0) is 13.0 Å². The van der Waals surface area contributed by atoms with Crippen LogP contribution in [0.1, 0.15) is 43.3 Å². The third-order valence-corrected chi connectivity index (χ3v) is 4.46. The van der Waals surface area contributed by atoms with Gasteiger partial charge in [-0.15, -0.1) is 0 Å². The highest BCUT2D eigenvalue weighted by molar-refractivity contribution is 5.77. The fraction of sp³-hybridized carbons (Fsp3) is 0.412. The van der Waals surface area contributed by atoms with Gasteiger partial charge in [0.25, 0.3) is 5.56 Å². The van der Waals surface area contributed by atoms with E-state index in [9.17, 15) is 4.79 Å². The lowest BCUT2D eigenvalue weighted by molar-refractivity contribution is 0.228.